The molecule has 1 aromatic carbocycles. The Labute approximate surface area is 165 Å². The largest absolute Gasteiger partial charge is 0.416 e. The van der Waals surface area contributed by atoms with Crippen LogP contribution in [0.15, 0.2) is 29.3 Å². The van der Waals surface area contributed by atoms with Crippen molar-refractivity contribution in [2.24, 2.45) is 4.99 Å². The average molecular weight is 472 g/mol. The smallest absolute Gasteiger partial charge is 0.356 e. The molecule has 0 atom stereocenters. The lowest BCUT2D eigenvalue weighted by molar-refractivity contribution is -0.137. The minimum absolute atomic E-state index is 0. The van der Waals surface area contributed by atoms with Gasteiger partial charge in [-0.05, 0) is 37.2 Å². The number of alkyl halides is 3. The van der Waals surface area contributed by atoms with Crippen LogP contribution in [-0.2, 0) is 12.6 Å². The van der Waals surface area contributed by atoms with Crippen LogP contribution in [0.25, 0.3) is 0 Å². The molecule has 0 aliphatic rings. The van der Waals surface area contributed by atoms with E-state index in [1.807, 2.05) is 0 Å². The molecule has 0 aromatic heterocycles. The number of nitrogens with zero attached hydrogens (tertiary/aromatic N) is 2. The van der Waals surface area contributed by atoms with Gasteiger partial charge in [0.2, 0.25) is 0 Å². The molecular weight excluding hydrogens is 444 g/mol. The van der Waals surface area contributed by atoms with Crippen LogP contribution in [0.3, 0.4) is 0 Å². The second-order valence-electron chi connectivity index (χ2n) is 5.40. The molecular formula is C17H28F3IN4. The fraction of sp³-hybridized carbons (Fsp3) is 0.588. The predicted octanol–water partition coefficient (Wildman–Crippen LogP) is 3.37. The van der Waals surface area contributed by atoms with Crippen molar-refractivity contribution in [1.82, 2.24) is 15.5 Å². The zero-order valence-electron chi connectivity index (χ0n) is 15.0. The van der Waals surface area contributed by atoms with Crippen LogP contribution in [0.1, 0.15) is 25.0 Å². The Morgan fingerprint density at radius 3 is 2.08 bits per heavy atom. The minimum Gasteiger partial charge on any atom is -0.356 e. The van der Waals surface area contributed by atoms with Crippen LogP contribution in [0.4, 0.5) is 13.2 Å². The van der Waals surface area contributed by atoms with Gasteiger partial charge < -0.3 is 15.5 Å². The molecule has 0 aliphatic heterocycles. The summed E-state index contributed by atoms with van der Waals surface area (Å²) in [6.45, 7) is 8.61. The Hall–Kier alpha value is -1.03. The van der Waals surface area contributed by atoms with E-state index in [9.17, 15) is 13.2 Å². The van der Waals surface area contributed by atoms with Gasteiger partial charge in [0, 0.05) is 26.7 Å². The molecule has 0 heterocycles. The normalized spacial score (nSPS) is 12.0. The second kappa shape index (κ2) is 12.3. The van der Waals surface area contributed by atoms with E-state index in [2.05, 4.69) is 34.4 Å². The number of guanidine groups is 1. The molecule has 0 saturated carbocycles. The lowest BCUT2D eigenvalue weighted by atomic mass is 10.1. The molecule has 144 valence electrons. The van der Waals surface area contributed by atoms with Crippen molar-refractivity contribution in [3.05, 3.63) is 35.4 Å². The minimum atomic E-state index is -4.28. The Bertz CT molecular complexity index is 500. The summed E-state index contributed by atoms with van der Waals surface area (Å²) in [4.78, 5) is 6.45. The first-order valence-electron chi connectivity index (χ1n) is 8.23. The molecule has 0 amide bonds. The van der Waals surface area contributed by atoms with E-state index in [0.29, 0.717) is 18.9 Å². The molecule has 1 aromatic rings. The Balaban J connectivity index is 0.00000576. The van der Waals surface area contributed by atoms with Crippen molar-refractivity contribution in [2.45, 2.75) is 26.4 Å². The molecule has 0 saturated heterocycles. The third-order valence-electron chi connectivity index (χ3n) is 3.83. The van der Waals surface area contributed by atoms with Crippen LogP contribution >= 0.6 is 24.0 Å². The monoisotopic (exact) mass is 472 g/mol. The fourth-order valence-corrected chi connectivity index (χ4v) is 2.28. The number of likely N-dealkylation sites (N-methyl/N-ethyl adjacent to an activating group) is 1. The third kappa shape index (κ3) is 9.29. The maximum Gasteiger partial charge on any atom is 0.416 e. The summed E-state index contributed by atoms with van der Waals surface area (Å²) >= 11 is 0. The highest BCUT2D eigenvalue weighted by Crippen LogP contribution is 2.29. The molecule has 0 radical (unpaired) electrons. The third-order valence-corrected chi connectivity index (χ3v) is 3.83. The van der Waals surface area contributed by atoms with Gasteiger partial charge in [-0.2, -0.15) is 13.2 Å². The zero-order chi connectivity index (χ0) is 18.0. The van der Waals surface area contributed by atoms with Crippen molar-refractivity contribution in [3.8, 4) is 0 Å². The highest BCUT2D eigenvalue weighted by atomic mass is 127. The van der Waals surface area contributed by atoms with Crippen molar-refractivity contribution < 1.29 is 13.2 Å². The van der Waals surface area contributed by atoms with Crippen LogP contribution in [-0.4, -0.2) is 50.6 Å². The highest BCUT2D eigenvalue weighted by molar-refractivity contribution is 14.0. The van der Waals surface area contributed by atoms with Crippen LogP contribution in [0.2, 0.25) is 0 Å². The maximum absolute atomic E-state index is 12.5. The lowest BCUT2D eigenvalue weighted by Crippen LogP contribution is -2.42. The number of rotatable bonds is 8. The molecule has 1 rings (SSSR count). The van der Waals surface area contributed by atoms with E-state index in [1.54, 1.807) is 7.05 Å². The van der Waals surface area contributed by atoms with Gasteiger partial charge >= 0.3 is 6.18 Å². The average Bonchev–Trinajstić information content (AvgIpc) is 2.56. The lowest BCUT2D eigenvalue weighted by Gasteiger charge is -2.19. The summed E-state index contributed by atoms with van der Waals surface area (Å²) in [7, 11) is 1.70. The van der Waals surface area contributed by atoms with Gasteiger partial charge in [-0.15, -0.1) is 24.0 Å². The number of aliphatic imine (C=N–C) groups is 1. The van der Waals surface area contributed by atoms with Crippen LogP contribution in [0, 0.1) is 0 Å². The summed E-state index contributed by atoms with van der Waals surface area (Å²) in [6, 6.07) is 5.26. The number of halogens is 4. The van der Waals surface area contributed by atoms with Gasteiger partial charge in [-0.1, -0.05) is 26.0 Å². The number of hydrogen-bond acceptors (Lipinski definition) is 2. The van der Waals surface area contributed by atoms with Gasteiger partial charge in [0.15, 0.2) is 5.96 Å². The van der Waals surface area contributed by atoms with E-state index in [-0.39, 0.29) is 24.0 Å². The first kappa shape index (κ1) is 24.0. The summed E-state index contributed by atoms with van der Waals surface area (Å²) < 4.78 is 37.5. The van der Waals surface area contributed by atoms with E-state index < -0.39 is 11.7 Å². The Kier molecular flexibility index (Phi) is 11.8. The van der Waals surface area contributed by atoms with Crippen LogP contribution in [0.5, 0.6) is 0 Å². The van der Waals surface area contributed by atoms with E-state index in [1.165, 1.54) is 12.1 Å². The molecule has 0 spiro atoms. The fourth-order valence-electron chi connectivity index (χ4n) is 2.28. The molecule has 8 heteroatoms. The molecule has 2 N–H and O–H groups in total. The Morgan fingerprint density at radius 1 is 1.04 bits per heavy atom. The summed E-state index contributed by atoms with van der Waals surface area (Å²) in [5.41, 5.74) is 0.238. The number of hydrogen-bond donors (Lipinski definition) is 2. The van der Waals surface area contributed by atoms with E-state index >= 15 is 0 Å². The standard InChI is InChI=1S/C17H27F3N4.HI/c1-4-24(5-2)13-12-23-16(21-3)22-11-10-14-6-8-15(9-7-14)17(18,19)20;/h6-9H,4-5,10-13H2,1-3H3,(H2,21,22,23);1H. The molecule has 4 nitrogen and oxygen atoms in total. The maximum atomic E-state index is 12.5. The zero-order valence-corrected chi connectivity index (χ0v) is 17.3. The van der Waals surface area contributed by atoms with Crippen molar-refractivity contribution in [1.29, 1.82) is 0 Å². The summed E-state index contributed by atoms with van der Waals surface area (Å²) in [5.74, 6) is 0.703. The SMILES string of the molecule is CCN(CC)CCNC(=NC)NCCc1ccc(C(F)(F)F)cc1.I. The van der Waals surface area contributed by atoms with Gasteiger partial charge in [0.1, 0.15) is 0 Å². The quantitative estimate of drug-likeness (QED) is 0.347. The first-order valence-corrected chi connectivity index (χ1v) is 8.23. The molecule has 0 fully saturated rings. The summed E-state index contributed by atoms with van der Waals surface area (Å²) in [6.07, 6.45) is -3.65. The van der Waals surface area contributed by atoms with Crippen LogP contribution < -0.4 is 10.6 Å². The molecule has 0 unspecified atom stereocenters. The van der Waals surface area contributed by atoms with Crippen molar-refractivity contribution in [3.63, 3.8) is 0 Å². The summed E-state index contributed by atoms with van der Waals surface area (Å²) in [5, 5.41) is 6.40. The molecule has 0 bridgehead atoms. The van der Waals surface area contributed by atoms with Gasteiger partial charge in [-0.25, -0.2) is 0 Å². The highest BCUT2D eigenvalue weighted by Gasteiger charge is 2.29. The van der Waals surface area contributed by atoms with Crippen molar-refractivity contribution in [2.75, 3.05) is 39.8 Å². The van der Waals surface area contributed by atoms with E-state index in [0.717, 1.165) is 43.9 Å². The Morgan fingerprint density at radius 2 is 1.60 bits per heavy atom. The number of nitrogens with one attached hydrogen (secondary N) is 2. The van der Waals surface area contributed by atoms with Gasteiger partial charge in [0.25, 0.3) is 0 Å². The first-order chi connectivity index (χ1) is 11.4. The topological polar surface area (TPSA) is 39.7 Å². The van der Waals surface area contributed by atoms with Gasteiger partial charge in [0.05, 0.1) is 5.56 Å². The second-order valence-corrected chi connectivity index (χ2v) is 5.40. The number of benzene rings is 1. The molecule has 25 heavy (non-hydrogen) atoms. The predicted molar refractivity (Wildman–Crippen MR) is 108 cm³/mol. The van der Waals surface area contributed by atoms with E-state index in [4.69, 9.17) is 0 Å². The van der Waals surface area contributed by atoms with Crippen molar-refractivity contribution >= 4 is 29.9 Å². The van der Waals surface area contributed by atoms with Gasteiger partial charge in [-0.3, -0.25) is 4.99 Å². The molecule has 0 aliphatic carbocycles.